The van der Waals surface area contributed by atoms with Crippen LogP contribution >= 0.6 is 0 Å². The fourth-order valence-corrected chi connectivity index (χ4v) is 2.05. The van der Waals surface area contributed by atoms with Crippen molar-refractivity contribution < 1.29 is 14.6 Å². The van der Waals surface area contributed by atoms with Crippen molar-refractivity contribution in [3.8, 4) is 11.5 Å². The summed E-state index contributed by atoms with van der Waals surface area (Å²) in [6.45, 7) is 3.14. The van der Waals surface area contributed by atoms with Gasteiger partial charge in [0.15, 0.2) is 0 Å². The molecule has 3 nitrogen and oxygen atoms in total. The zero-order valence-corrected chi connectivity index (χ0v) is 12.4. The Balaban J connectivity index is 1.76. The molecule has 0 aliphatic carbocycles. The van der Waals surface area contributed by atoms with Crippen LogP contribution in [0, 0.1) is 0 Å². The van der Waals surface area contributed by atoms with Crippen molar-refractivity contribution in [2.45, 2.75) is 25.9 Å². The molecule has 0 saturated heterocycles. The maximum absolute atomic E-state index is 9.96. The van der Waals surface area contributed by atoms with E-state index in [1.807, 2.05) is 61.5 Å². The molecule has 0 fully saturated rings. The SMILES string of the molecule is CCC(O)c1ccccc1OCCCOc1ccccc1. The molecule has 3 heteroatoms. The van der Waals surface area contributed by atoms with E-state index < -0.39 is 6.10 Å². The number of rotatable bonds is 8. The number of para-hydroxylation sites is 2. The Bertz CT molecular complexity index is 525. The number of benzene rings is 2. The third-order valence-corrected chi connectivity index (χ3v) is 3.22. The molecule has 0 aliphatic heterocycles. The van der Waals surface area contributed by atoms with Gasteiger partial charge in [0.1, 0.15) is 11.5 Å². The molecule has 1 atom stereocenters. The standard InChI is InChI=1S/C18H22O3/c1-2-17(19)16-11-6-7-12-18(16)21-14-8-13-20-15-9-4-3-5-10-15/h3-7,9-12,17,19H,2,8,13-14H2,1H3. The van der Waals surface area contributed by atoms with Gasteiger partial charge in [-0.25, -0.2) is 0 Å². The zero-order chi connectivity index (χ0) is 14.9. The summed E-state index contributed by atoms with van der Waals surface area (Å²) in [7, 11) is 0. The van der Waals surface area contributed by atoms with Gasteiger partial charge in [0, 0.05) is 12.0 Å². The van der Waals surface area contributed by atoms with E-state index in [-0.39, 0.29) is 0 Å². The molecule has 0 saturated carbocycles. The lowest BCUT2D eigenvalue weighted by atomic mass is 10.1. The van der Waals surface area contributed by atoms with E-state index >= 15 is 0 Å². The molecular weight excluding hydrogens is 264 g/mol. The van der Waals surface area contributed by atoms with Gasteiger partial charge in [0.25, 0.3) is 0 Å². The van der Waals surface area contributed by atoms with E-state index in [1.54, 1.807) is 0 Å². The quantitative estimate of drug-likeness (QED) is 0.746. The number of hydrogen-bond acceptors (Lipinski definition) is 3. The largest absolute Gasteiger partial charge is 0.493 e. The summed E-state index contributed by atoms with van der Waals surface area (Å²) < 4.78 is 11.4. The summed E-state index contributed by atoms with van der Waals surface area (Å²) in [5, 5.41) is 9.96. The molecular formula is C18H22O3. The minimum atomic E-state index is -0.471. The molecule has 0 heterocycles. The lowest BCUT2D eigenvalue weighted by Gasteiger charge is -2.15. The fraction of sp³-hybridized carbons (Fsp3) is 0.333. The number of aliphatic hydroxyl groups excluding tert-OH is 1. The second kappa shape index (κ2) is 8.32. The van der Waals surface area contributed by atoms with E-state index in [4.69, 9.17) is 9.47 Å². The highest BCUT2D eigenvalue weighted by Crippen LogP contribution is 2.26. The molecule has 21 heavy (non-hydrogen) atoms. The van der Waals surface area contributed by atoms with Crippen LogP contribution in [0.4, 0.5) is 0 Å². The Morgan fingerprint density at radius 3 is 2.33 bits per heavy atom. The normalized spacial score (nSPS) is 11.9. The molecule has 112 valence electrons. The van der Waals surface area contributed by atoms with Crippen molar-refractivity contribution in [1.82, 2.24) is 0 Å². The van der Waals surface area contributed by atoms with Gasteiger partial charge in [-0.3, -0.25) is 0 Å². The Labute approximate surface area is 126 Å². The van der Waals surface area contributed by atoms with Crippen LogP contribution < -0.4 is 9.47 Å². The van der Waals surface area contributed by atoms with E-state index in [2.05, 4.69) is 0 Å². The molecule has 0 aliphatic rings. The summed E-state index contributed by atoms with van der Waals surface area (Å²) in [6.07, 6.45) is 1.00. The summed E-state index contributed by atoms with van der Waals surface area (Å²) in [6, 6.07) is 17.4. The molecule has 1 unspecified atom stereocenters. The first-order valence-electron chi connectivity index (χ1n) is 7.39. The van der Waals surface area contributed by atoms with Gasteiger partial charge in [-0.2, -0.15) is 0 Å². The first-order valence-corrected chi connectivity index (χ1v) is 7.39. The van der Waals surface area contributed by atoms with Gasteiger partial charge in [-0.1, -0.05) is 43.3 Å². The molecule has 0 bridgehead atoms. The monoisotopic (exact) mass is 286 g/mol. The predicted molar refractivity (Wildman–Crippen MR) is 83.7 cm³/mol. The van der Waals surface area contributed by atoms with Crippen molar-refractivity contribution in [3.05, 3.63) is 60.2 Å². The molecule has 0 aromatic heterocycles. The van der Waals surface area contributed by atoms with Crippen LogP contribution in [0.2, 0.25) is 0 Å². The van der Waals surface area contributed by atoms with Gasteiger partial charge in [-0.15, -0.1) is 0 Å². The predicted octanol–water partition coefficient (Wildman–Crippen LogP) is 3.98. The van der Waals surface area contributed by atoms with Crippen molar-refractivity contribution >= 4 is 0 Å². The second-order valence-electron chi connectivity index (χ2n) is 4.83. The number of aliphatic hydroxyl groups is 1. The minimum Gasteiger partial charge on any atom is -0.493 e. The lowest BCUT2D eigenvalue weighted by Crippen LogP contribution is -2.07. The molecule has 2 aromatic rings. The van der Waals surface area contributed by atoms with Crippen LogP contribution in [0.25, 0.3) is 0 Å². The first kappa shape index (κ1) is 15.4. The average molecular weight is 286 g/mol. The van der Waals surface area contributed by atoms with Gasteiger partial charge >= 0.3 is 0 Å². The summed E-state index contributed by atoms with van der Waals surface area (Å²) >= 11 is 0. The van der Waals surface area contributed by atoms with E-state index in [9.17, 15) is 5.11 Å². The molecule has 0 spiro atoms. The van der Waals surface area contributed by atoms with Crippen LogP contribution in [0.1, 0.15) is 31.4 Å². The Hall–Kier alpha value is -2.00. The second-order valence-corrected chi connectivity index (χ2v) is 4.83. The van der Waals surface area contributed by atoms with Crippen LogP contribution in [0.15, 0.2) is 54.6 Å². The van der Waals surface area contributed by atoms with Crippen LogP contribution in [0.3, 0.4) is 0 Å². The van der Waals surface area contributed by atoms with Gasteiger partial charge in [0.05, 0.1) is 19.3 Å². The Morgan fingerprint density at radius 1 is 0.905 bits per heavy atom. The van der Waals surface area contributed by atoms with E-state index in [0.29, 0.717) is 19.6 Å². The molecule has 0 amide bonds. The molecule has 2 aromatic carbocycles. The maximum atomic E-state index is 9.96. The van der Waals surface area contributed by atoms with Crippen molar-refractivity contribution in [1.29, 1.82) is 0 Å². The topological polar surface area (TPSA) is 38.7 Å². The van der Waals surface area contributed by atoms with Crippen molar-refractivity contribution in [2.24, 2.45) is 0 Å². The highest BCUT2D eigenvalue weighted by Gasteiger charge is 2.10. The average Bonchev–Trinajstić information content (AvgIpc) is 2.55. The third kappa shape index (κ3) is 4.80. The van der Waals surface area contributed by atoms with Crippen molar-refractivity contribution in [2.75, 3.05) is 13.2 Å². The molecule has 2 rings (SSSR count). The van der Waals surface area contributed by atoms with Crippen LogP contribution in [-0.2, 0) is 0 Å². The smallest absolute Gasteiger partial charge is 0.125 e. The van der Waals surface area contributed by atoms with Crippen LogP contribution in [-0.4, -0.2) is 18.3 Å². The van der Waals surface area contributed by atoms with Gasteiger partial charge in [-0.05, 0) is 24.6 Å². The van der Waals surface area contributed by atoms with E-state index in [0.717, 1.165) is 23.5 Å². The highest BCUT2D eigenvalue weighted by molar-refractivity contribution is 5.35. The summed E-state index contributed by atoms with van der Waals surface area (Å²) in [5.74, 6) is 1.63. The third-order valence-electron chi connectivity index (χ3n) is 3.22. The first-order chi connectivity index (χ1) is 10.3. The zero-order valence-electron chi connectivity index (χ0n) is 12.4. The van der Waals surface area contributed by atoms with Crippen molar-refractivity contribution in [3.63, 3.8) is 0 Å². The fourth-order valence-electron chi connectivity index (χ4n) is 2.05. The molecule has 0 radical (unpaired) electrons. The minimum absolute atomic E-state index is 0.471. The Kier molecular flexibility index (Phi) is 6.10. The van der Waals surface area contributed by atoms with Gasteiger partial charge in [0.2, 0.25) is 0 Å². The summed E-state index contributed by atoms with van der Waals surface area (Å²) in [5.41, 5.74) is 0.851. The van der Waals surface area contributed by atoms with Gasteiger partial charge < -0.3 is 14.6 Å². The number of ether oxygens (including phenoxy) is 2. The summed E-state index contributed by atoms with van der Waals surface area (Å²) in [4.78, 5) is 0. The van der Waals surface area contributed by atoms with Crippen LogP contribution in [0.5, 0.6) is 11.5 Å². The lowest BCUT2D eigenvalue weighted by molar-refractivity contribution is 0.165. The molecule has 1 N–H and O–H groups in total. The number of hydrogen-bond donors (Lipinski definition) is 1. The highest BCUT2D eigenvalue weighted by atomic mass is 16.5. The maximum Gasteiger partial charge on any atom is 0.125 e. The van der Waals surface area contributed by atoms with E-state index in [1.165, 1.54) is 0 Å². The Morgan fingerprint density at radius 2 is 1.57 bits per heavy atom.